The third kappa shape index (κ3) is 5.19. The van der Waals surface area contributed by atoms with Gasteiger partial charge in [0.05, 0.1) is 0 Å². The molecule has 0 aliphatic heterocycles. The van der Waals surface area contributed by atoms with Gasteiger partial charge in [0.2, 0.25) is 0 Å². The second kappa shape index (κ2) is 8.16. The van der Waals surface area contributed by atoms with Crippen molar-refractivity contribution in [2.75, 3.05) is 18.0 Å². The third-order valence-electron chi connectivity index (χ3n) is 3.53. The summed E-state index contributed by atoms with van der Waals surface area (Å²) in [6.07, 6.45) is 5.11. The highest BCUT2D eigenvalue weighted by atomic mass is 15.1. The van der Waals surface area contributed by atoms with Gasteiger partial charge in [-0.3, -0.25) is 4.98 Å². The number of hydrogen-bond donors (Lipinski definition) is 1. The van der Waals surface area contributed by atoms with Gasteiger partial charge < -0.3 is 10.2 Å². The van der Waals surface area contributed by atoms with Crippen molar-refractivity contribution in [1.82, 2.24) is 10.3 Å². The molecule has 0 saturated heterocycles. The molecule has 0 aliphatic rings. The van der Waals surface area contributed by atoms with Crippen LogP contribution in [0.3, 0.4) is 0 Å². The van der Waals surface area contributed by atoms with E-state index < -0.39 is 0 Å². The maximum Gasteiger partial charge on any atom is 0.0442 e. The van der Waals surface area contributed by atoms with Gasteiger partial charge in [-0.05, 0) is 18.9 Å². The molecule has 1 aromatic rings. The minimum Gasteiger partial charge on any atom is -0.371 e. The molecule has 0 radical (unpaired) electrons. The lowest BCUT2D eigenvalue weighted by molar-refractivity contribution is 0.544. The summed E-state index contributed by atoms with van der Waals surface area (Å²) in [6, 6.07) is 2.64. The first-order valence-electron chi connectivity index (χ1n) is 7.49. The molecular weight excluding hydrogens is 234 g/mol. The second-order valence-corrected chi connectivity index (χ2v) is 5.59. The van der Waals surface area contributed by atoms with Crippen molar-refractivity contribution in [1.29, 1.82) is 0 Å². The van der Waals surface area contributed by atoms with E-state index in [1.807, 2.05) is 12.4 Å². The first-order valence-corrected chi connectivity index (χ1v) is 7.49. The summed E-state index contributed by atoms with van der Waals surface area (Å²) in [4.78, 5) is 6.74. The fraction of sp³-hybridized carbons (Fsp3) is 0.688. The monoisotopic (exact) mass is 263 g/mol. The minimum absolute atomic E-state index is 0.498. The largest absolute Gasteiger partial charge is 0.371 e. The average molecular weight is 263 g/mol. The fourth-order valence-corrected chi connectivity index (χ4v) is 2.08. The van der Waals surface area contributed by atoms with E-state index in [1.165, 1.54) is 17.7 Å². The van der Waals surface area contributed by atoms with Crippen LogP contribution >= 0.6 is 0 Å². The molecule has 1 unspecified atom stereocenters. The van der Waals surface area contributed by atoms with Gasteiger partial charge in [0.25, 0.3) is 0 Å². The van der Waals surface area contributed by atoms with Crippen molar-refractivity contribution < 1.29 is 0 Å². The Balaban J connectivity index is 2.83. The lowest BCUT2D eigenvalue weighted by Crippen LogP contribution is -2.30. The standard InChI is InChI=1S/C16H29N3/c1-6-14(5)12-19(7-2)16-8-9-17-10-15(16)11-18-13(3)4/h8-10,13-14,18H,6-7,11-12H2,1-5H3. The maximum atomic E-state index is 4.27. The molecule has 1 rings (SSSR count). The van der Waals surface area contributed by atoms with Crippen molar-refractivity contribution in [2.45, 2.75) is 53.6 Å². The molecule has 0 aliphatic carbocycles. The van der Waals surface area contributed by atoms with Gasteiger partial charge in [0.15, 0.2) is 0 Å². The van der Waals surface area contributed by atoms with Crippen LogP contribution in [0.4, 0.5) is 5.69 Å². The predicted octanol–water partition coefficient (Wildman–Crippen LogP) is 3.45. The van der Waals surface area contributed by atoms with Crippen LogP contribution in [0, 0.1) is 5.92 Å². The highest BCUT2D eigenvalue weighted by molar-refractivity contribution is 5.52. The normalized spacial score (nSPS) is 12.7. The summed E-state index contributed by atoms with van der Waals surface area (Å²) < 4.78 is 0. The van der Waals surface area contributed by atoms with E-state index in [9.17, 15) is 0 Å². The minimum atomic E-state index is 0.498. The highest BCUT2D eigenvalue weighted by Crippen LogP contribution is 2.21. The molecular formula is C16H29N3. The van der Waals surface area contributed by atoms with Crippen molar-refractivity contribution in [3.05, 3.63) is 24.0 Å². The van der Waals surface area contributed by atoms with E-state index in [0.29, 0.717) is 6.04 Å². The van der Waals surface area contributed by atoms with Crippen molar-refractivity contribution in [3.63, 3.8) is 0 Å². The Morgan fingerprint density at radius 2 is 2.00 bits per heavy atom. The van der Waals surface area contributed by atoms with Gasteiger partial charge in [-0.2, -0.15) is 0 Å². The Bertz CT molecular complexity index is 363. The molecule has 19 heavy (non-hydrogen) atoms. The summed E-state index contributed by atoms with van der Waals surface area (Å²) in [5, 5.41) is 3.48. The third-order valence-corrected chi connectivity index (χ3v) is 3.53. The number of nitrogens with one attached hydrogen (secondary N) is 1. The van der Waals surface area contributed by atoms with Crippen LogP contribution in [0.2, 0.25) is 0 Å². The molecule has 0 spiro atoms. The maximum absolute atomic E-state index is 4.27. The molecule has 0 amide bonds. The van der Waals surface area contributed by atoms with Gasteiger partial charge in [-0.15, -0.1) is 0 Å². The number of nitrogens with zero attached hydrogens (tertiary/aromatic N) is 2. The van der Waals surface area contributed by atoms with Crippen LogP contribution in [-0.4, -0.2) is 24.1 Å². The second-order valence-electron chi connectivity index (χ2n) is 5.59. The van der Waals surface area contributed by atoms with E-state index >= 15 is 0 Å². The molecule has 0 fully saturated rings. The van der Waals surface area contributed by atoms with Gasteiger partial charge in [0.1, 0.15) is 0 Å². The van der Waals surface area contributed by atoms with E-state index in [0.717, 1.165) is 25.6 Å². The summed E-state index contributed by atoms with van der Waals surface area (Å²) in [5.74, 6) is 0.721. The molecule has 0 aromatic carbocycles. The van der Waals surface area contributed by atoms with E-state index in [-0.39, 0.29) is 0 Å². The van der Waals surface area contributed by atoms with Crippen LogP contribution in [-0.2, 0) is 6.54 Å². The average Bonchev–Trinajstić information content (AvgIpc) is 2.42. The van der Waals surface area contributed by atoms with Gasteiger partial charge in [0, 0.05) is 49.3 Å². The van der Waals surface area contributed by atoms with Crippen LogP contribution in [0.5, 0.6) is 0 Å². The van der Waals surface area contributed by atoms with Crippen LogP contribution in [0.1, 0.15) is 46.6 Å². The number of pyridine rings is 1. The van der Waals surface area contributed by atoms with Crippen molar-refractivity contribution in [3.8, 4) is 0 Å². The molecule has 1 N–H and O–H groups in total. The Hall–Kier alpha value is -1.09. The Morgan fingerprint density at radius 1 is 1.26 bits per heavy atom. The number of aromatic nitrogens is 1. The van der Waals surface area contributed by atoms with E-state index in [4.69, 9.17) is 0 Å². The number of rotatable bonds is 8. The lowest BCUT2D eigenvalue weighted by Gasteiger charge is -2.28. The lowest BCUT2D eigenvalue weighted by atomic mass is 10.1. The zero-order valence-electron chi connectivity index (χ0n) is 13.1. The molecule has 0 saturated carbocycles. The summed E-state index contributed by atoms with van der Waals surface area (Å²) in [7, 11) is 0. The predicted molar refractivity (Wildman–Crippen MR) is 83.6 cm³/mol. The number of anilines is 1. The van der Waals surface area contributed by atoms with E-state index in [1.54, 1.807) is 0 Å². The fourth-order valence-electron chi connectivity index (χ4n) is 2.08. The molecule has 0 bridgehead atoms. The van der Waals surface area contributed by atoms with Crippen molar-refractivity contribution >= 4 is 5.69 Å². The Labute approximate surface area is 118 Å². The zero-order chi connectivity index (χ0) is 14.3. The summed E-state index contributed by atoms with van der Waals surface area (Å²) in [5.41, 5.74) is 2.62. The topological polar surface area (TPSA) is 28.2 Å². The Kier molecular flexibility index (Phi) is 6.85. The summed E-state index contributed by atoms with van der Waals surface area (Å²) in [6.45, 7) is 14.2. The van der Waals surface area contributed by atoms with Crippen LogP contribution < -0.4 is 10.2 Å². The molecule has 3 nitrogen and oxygen atoms in total. The smallest absolute Gasteiger partial charge is 0.0442 e. The molecule has 1 aromatic heterocycles. The molecule has 1 atom stereocenters. The number of hydrogen-bond acceptors (Lipinski definition) is 3. The SMILES string of the molecule is CCC(C)CN(CC)c1ccncc1CNC(C)C. The quantitative estimate of drug-likeness (QED) is 0.778. The zero-order valence-corrected chi connectivity index (χ0v) is 13.1. The van der Waals surface area contributed by atoms with Crippen molar-refractivity contribution in [2.24, 2.45) is 5.92 Å². The first kappa shape index (κ1) is 16.0. The molecule has 3 heteroatoms. The van der Waals surface area contributed by atoms with Gasteiger partial charge in [-0.25, -0.2) is 0 Å². The highest BCUT2D eigenvalue weighted by Gasteiger charge is 2.12. The van der Waals surface area contributed by atoms with Gasteiger partial charge >= 0.3 is 0 Å². The van der Waals surface area contributed by atoms with Crippen LogP contribution in [0.25, 0.3) is 0 Å². The Morgan fingerprint density at radius 3 is 2.58 bits per heavy atom. The van der Waals surface area contributed by atoms with E-state index in [2.05, 4.69) is 55.9 Å². The molecule has 1 heterocycles. The molecule has 108 valence electrons. The van der Waals surface area contributed by atoms with Gasteiger partial charge in [-0.1, -0.05) is 34.1 Å². The van der Waals surface area contributed by atoms with Crippen LogP contribution in [0.15, 0.2) is 18.5 Å². The first-order chi connectivity index (χ1) is 9.08. The summed E-state index contributed by atoms with van der Waals surface area (Å²) >= 11 is 0.